The fraction of sp³-hybridized carbons (Fsp3) is 0. The molecule has 3 aromatic heterocycles. The van der Waals surface area contributed by atoms with Crippen molar-refractivity contribution in [1.82, 2.24) is 24.1 Å². The van der Waals surface area contributed by atoms with Crippen molar-refractivity contribution >= 4 is 43.6 Å². The van der Waals surface area contributed by atoms with Crippen molar-refractivity contribution in [3.63, 3.8) is 0 Å². The summed E-state index contributed by atoms with van der Waals surface area (Å²) >= 11 is 0. The minimum absolute atomic E-state index is 0.551. The summed E-state index contributed by atoms with van der Waals surface area (Å²) in [6.45, 7) is 0. The molecule has 0 aliphatic heterocycles. The highest BCUT2D eigenvalue weighted by Gasteiger charge is 2.21. The molecule has 0 aliphatic carbocycles. The Kier molecular flexibility index (Phi) is 8.42. The fourth-order valence-electron chi connectivity index (χ4n) is 9.02. The lowest BCUT2D eigenvalue weighted by atomic mass is 9.96. The van der Waals surface area contributed by atoms with E-state index in [1.807, 2.05) is 0 Å². The van der Waals surface area contributed by atoms with Crippen LogP contribution in [0.4, 0.5) is 0 Å². The number of para-hydroxylation sites is 3. The van der Waals surface area contributed by atoms with Gasteiger partial charge in [0, 0.05) is 27.1 Å². The quantitative estimate of drug-likeness (QED) is 0.162. The SMILES string of the molecule is c1ccc(-c2ccc(-c3cccc(-c4cccc(-c5nc(-n6c7ccccc7c7ccccc76)nc(-n6c7ccccc7c7ccc(-c8ccccc8)cc76)n5)c4)c3)cc2)cc1. The van der Waals surface area contributed by atoms with E-state index in [1.54, 1.807) is 0 Å². The minimum Gasteiger partial charge on any atom is -0.278 e. The van der Waals surface area contributed by atoms with Crippen LogP contribution in [0, 0.1) is 0 Å². The topological polar surface area (TPSA) is 48.5 Å². The number of benzene rings is 9. The molecule has 0 radical (unpaired) electrons. The summed E-state index contributed by atoms with van der Waals surface area (Å²) in [7, 11) is 0. The molecule has 12 rings (SSSR count). The molecule has 0 N–H and O–H groups in total. The maximum atomic E-state index is 5.40. The molecule has 0 fully saturated rings. The van der Waals surface area contributed by atoms with Crippen LogP contribution >= 0.6 is 0 Å². The number of aromatic nitrogens is 5. The zero-order valence-corrected chi connectivity index (χ0v) is 33.6. The van der Waals surface area contributed by atoms with E-state index in [0.717, 1.165) is 77.0 Å². The van der Waals surface area contributed by atoms with E-state index in [2.05, 4.69) is 234 Å². The first-order chi connectivity index (χ1) is 30.7. The Balaban J connectivity index is 1.04. The molecule has 0 amide bonds. The van der Waals surface area contributed by atoms with Crippen LogP contribution in [-0.4, -0.2) is 24.1 Å². The molecule has 12 aromatic rings. The summed E-state index contributed by atoms with van der Waals surface area (Å²) in [6, 6.07) is 79.3. The van der Waals surface area contributed by atoms with Gasteiger partial charge in [0.1, 0.15) is 0 Å². The third-order valence-corrected chi connectivity index (χ3v) is 12.0. The second-order valence-corrected chi connectivity index (χ2v) is 15.7. The van der Waals surface area contributed by atoms with Crippen LogP contribution in [0.5, 0.6) is 0 Å². The molecule has 0 atom stereocenters. The lowest BCUT2D eigenvalue weighted by Gasteiger charge is -2.13. The van der Waals surface area contributed by atoms with Gasteiger partial charge < -0.3 is 0 Å². The normalized spacial score (nSPS) is 11.5. The maximum absolute atomic E-state index is 5.40. The van der Waals surface area contributed by atoms with E-state index < -0.39 is 0 Å². The van der Waals surface area contributed by atoms with Crippen LogP contribution in [0.15, 0.2) is 224 Å². The first kappa shape index (κ1) is 35.5. The van der Waals surface area contributed by atoms with E-state index in [-0.39, 0.29) is 0 Å². The van der Waals surface area contributed by atoms with Crippen LogP contribution < -0.4 is 0 Å². The van der Waals surface area contributed by atoms with Crippen LogP contribution in [0.1, 0.15) is 0 Å². The fourth-order valence-corrected chi connectivity index (χ4v) is 9.02. The predicted octanol–water partition coefficient (Wildman–Crippen LogP) is 14.4. The summed E-state index contributed by atoms with van der Waals surface area (Å²) in [5.74, 6) is 1.69. The molecule has 3 heterocycles. The van der Waals surface area contributed by atoms with Crippen molar-refractivity contribution in [3.8, 4) is 67.8 Å². The molecule has 0 aliphatic rings. The van der Waals surface area contributed by atoms with Crippen molar-refractivity contribution in [2.24, 2.45) is 0 Å². The van der Waals surface area contributed by atoms with Crippen LogP contribution in [0.25, 0.3) is 111 Å². The van der Waals surface area contributed by atoms with Gasteiger partial charge in [-0.25, -0.2) is 0 Å². The molecule has 290 valence electrons. The van der Waals surface area contributed by atoms with Gasteiger partial charge in [-0.3, -0.25) is 9.13 Å². The van der Waals surface area contributed by atoms with Gasteiger partial charge in [0.05, 0.1) is 22.1 Å². The third-order valence-electron chi connectivity index (χ3n) is 12.0. The van der Waals surface area contributed by atoms with Gasteiger partial charge in [0.15, 0.2) is 5.82 Å². The third kappa shape index (κ3) is 6.06. The lowest BCUT2D eigenvalue weighted by Crippen LogP contribution is -2.10. The van der Waals surface area contributed by atoms with Gasteiger partial charge in [0.2, 0.25) is 11.9 Å². The number of nitrogens with zero attached hydrogens (tertiary/aromatic N) is 5. The summed E-state index contributed by atoms with van der Waals surface area (Å²) in [6.07, 6.45) is 0. The van der Waals surface area contributed by atoms with Crippen LogP contribution in [-0.2, 0) is 0 Å². The van der Waals surface area contributed by atoms with E-state index in [0.29, 0.717) is 17.7 Å². The Bertz CT molecular complexity index is 3570. The number of hydrogen-bond donors (Lipinski definition) is 0. The molecular formula is C57H37N5. The van der Waals surface area contributed by atoms with Gasteiger partial charge in [-0.15, -0.1) is 0 Å². The van der Waals surface area contributed by atoms with Crippen molar-refractivity contribution in [2.45, 2.75) is 0 Å². The van der Waals surface area contributed by atoms with E-state index in [1.165, 1.54) is 16.7 Å². The molecule has 9 aromatic carbocycles. The predicted molar refractivity (Wildman–Crippen MR) is 256 cm³/mol. The maximum Gasteiger partial charge on any atom is 0.240 e. The Labute approximate surface area is 358 Å². The van der Waals surface area contributed by atoms with Gasteiger partial charge in [-0.2, -0.15) is 15.0 Å². The van der Waals surface area contributed by atoms with Crippen molar-refractivity contribution in [1.29, 1.82) is 0 Å². The molecule has 0 bridgehead atoms. The second-order valence-electron chi connectivity index (χ2n) is 15.7. The lowest BCUT2D eigenvalue weighted by molar-refractivity contribution is 0.893. The molecular weight excluding hydrogens is 755 g/mol. The Morgan fingerprint density at radius 2 is 0.565 bits per heavy atom. The standard InChI is InChI=1S/C57H37N5/c1-3-15-38(16-4-1)40-29-31-41(32-30-40)42-19-13-20-43(35-42)44-21-14-22-46(36-44)55-58-56(61-51-26-10-7-23-47(51)48-24-8-11-27-52(48)61)60-57(59-55)62-53-28-12-9-25-49(53)50-34-33-45(37-54(50)62)39-17-5-2-6-18-39/h1-37H. The number of rotatable bonds is 7. The van der Waals surface area contributed by atoms with Gasteiger partial charge in [-0.05, 0) is 80.9 Å². The summed E-state index contributed by atoms with van der Waals surface area (Å²) in [4.78, 5) is 16.1. The largest absolute Gasteiger partial charge is 0.278 e. The molecule has 62 heavy (non-hydrogen) atoms. The first-order valence-electron chi connectivity index (χ1n) is 20.9. The monoisotopic (exact) mass is 791 g/mol. The molecule has 0 saturated heterocycles. The highest BCUT2D eigenvalue weighted by atomic mass is 15.3. The van der Waals surface area contributed by atoms with Gasteiger partial charge >= 0.3 is 0 Å². The number of fused-ring (bicyclic) bond motifs is 6. The van der Waals surface area contributed by atoms with E-state index in [4.69, 9.17) is 15.0 Å². The second kappa shape index (κ2) is 14.7. The Morgan fingerprint density at radius 3 is 1.11 bits per heavy atom. The molecule has 0 saturated carbocycles. The summed E-state index contributed by atoms with van der Waals surface area (Å²) in [5, 5.41) is 4.57. The minimum atomic E-state index is 0.551. The Hall–Kier alpha value is -8.41. The average Bonchev–Trinajstić information content (AvgIpc) is 3.87. The highest BCUT2D eigenvalue weighted by Crippen LogP contribution is 2.37. The average molecular weight is 792 g/mol. The molecule has 0 unspecified atom stereocenters. The zero-order chi connectivity index (χ0) is 41.0. The van der Waals surface area contributed by atoms with Crippen molar-refractivity contribution in [2.75, 3.05) is 0 Å². The molecule has 5 heteroatoms. The summed E-state index contributed by atoms with van der Waals surface area (Å²) in [5.41, 5.74) is 14.2. The van der Waals surface area contributed by atoms with Crippen LogP contribution in [0.3, 0.4) is 0 Å². The van der Waals surface area contributed by atoms with Gasteiger partial charge in [-0.1, -0.05) is 188 Å². The van der Waals surface area contributed by atoms with E-state index in [9.17, 15) is 0 Å². The Morgan fingerprint density at radius 1 is 0.226 bits per heavy atom. The van der Waals surface area contributed by atoms with Gasteiger partial charge in [0.25, 0.3) is 0 Å². The smallest absolute Gasteiger partial charge is 0.240 e. The zero-order valence-electron chi connectivity index (χ0n) is 33.6. The number of hydrogen-bond acceptors (Lipinski definition) is 3. The van der Waals surface area contributed by atoms with E-state index >= 15 is 0 Å². The van der Waals surface area contributed by atoms with Crippen molar-refractivity contribution in [3.05, 3.63) is 224 Å². The first-order valence-corrected chi connectivity index (χ1v) is 20.9. The summed E-state index contributed by atoms with van der Waals surface area (Å²) < 4.78 is 4.38. The highest BCUT2D eigenvalue weighted by molar-refractivity contribution is 6.10. The van der Waals surface area contributed by atoms with Crippen molar-refractivity contribution < 1.29 is 0 Å². The van der Waals surface area contributed by atoms with Crippen LogP contribution in [0.2, 0.25) is 0 Å². The molecule has 5 nitrogen and oxygen atoms in total. The molecule has 0 spiro atoms.